The van der Waals surface area contributed by atoms with Crippen molar-refractivity contribution in [3.8, 4) is 5.75 Å². The van der Waals surface area contributed by atoms with Crippen LogP contribution >= 0.6 is 23.2 Å². The van der Waals surface area contributed by atoms with Gasteiger partial charge in [-0.05, 0) is 26.0 Å². The van der Waals surface area contributed by atoms with Crippen LogP contribution in [0.4, 0.5) is 0 Å². The van der Waals surface area contributed by atoms with Crippen LogP contribution in [0.1, 0.15) is 31.1 Å². The molecular formula is C15H18Cl2N2O3. The molecule has 0 aliphatic carbocycles. The van der Waals surface area contributed by atoms with Crippen LogP contribution in [0.15, 0.2) is 12.1 Å². The van der Waals surface area contributed by atoms with Crippen LogP contribution in [0.5, 0.6) is 5.75 Å². The number of benzene rings is 1. The molecule has 0 atom stereocenters. The zero-order valence-corrected chi connectivity index (χ0v) is 14.2. The summed E-state index contributed by atoms with van der Waals surface area (Å²) in [5.41, 5.74) is -0.482. The maximum atomic E-state index is 12.8. The van der Waals surface area contributed by atoms with Gasteiger partial charge in [-0.1, -0.05) is 23.2 Å². The Morgan fingerprint density at radius 2 is 1.86 bits per heavy atom. The van der Waals surface area contributed by atoms with E-state index in [4.69, 9.17) is 23.2 Å². The number of carbonyl (C=O) groups is 2. The van der Waals surface area contributed by atoms with E-state index in [9.17, 15) is 14.7 Å². The van der Waals surface area contributed by atoms with Gasteiger partial charge >= 0.3 is 0 Å². The molecule has 120 valence electrons. The molecule has 0 unspecified atom stereocenters. The molecule has 0 radical (unpaired) electrons. The van der Waals surface area contributed by atoms with Crippen molar-refractivity contribution in [2.45, 2.75) is 26.3 Å². The molecule has 2 amide bonds. The number of halogens is 2. The second-order valence-electron chi connectivity index (χ2n) is 5.99. The maximum absolute atomic E-state index is 12.8. The molecule has 1 aliphatic rings. The summed E-state index contributed by atoms with van der Waals surface area (Å²) in [7, 11) is 0. The van der Waals surface area contributed by atoms with Gasteiger partial charge in [0.2, 0.25) is 5.91 Å². The zero-order chi connectivity index (χ0) is 16.7. The Bertz CT molecular complexity index is 631. The largest absolute Gasteiger partial charge is 0.506 e. The predicted molar refractivity (Wildman–Crippen MR) is 85.5 cm³/mol. The Hall–Kier alpha value is -1.46. The average Bonchev–Trinajstić information content (AvgIpc) is 2.40. The second-order valence-corrected chi connectivity index (χ2v) is 6.84. The van der Waals surface area contributed by atoms with Gasteiger partial charge in [-0.15, -0.1) is 0 Å². The molecule has 1 saturated heterocycles. The third kappa shape index (κ3) is 3.15. The minimum Gasteiger partial charge on any atom is -0.506 e. The number of phenols is 1. The third-order valence-corrected chi connectivity index (χ3v) is 4.36. The first-order valence-electron chi connectivity index (χ1n) is 6.89. The fraction of sp³-hybridized carbons (Fsp3) is 0.467. The summed E-state index contributed by atoms with van der Waals surface area (Å²) in [5, 5.41) is 10.4. The Labute approximate surface area is 139 Å². The summed E-state index contributed by atoms with van der Waals surface area (Å²) in [6.45, 7) is 6.54. The number of piperazine rings is 1. The first-order valence-corrected chi connectivity index (χ1v) is 7.64. The Morgan fingerprint density at radius 1 is 1.23 bits per heavy atom. The summed E-state index contributed by atoms with van der Waals surface area (Å²) in [4.78, 5) is 27.6. The van der Waals surface area contributed by atoms with Crippen molar-refractivity contribution in [3.05, 3.63) is 27.7 Å². The topological polar surface area (TPSA) is 60.9 Å². The van der Waals surface area contributed by atoms with Crippen molar-refractivity contribution in [1.29, 1.82) is 0 Å². The van der Waals surface area contributed by atoms with Gasteiger partial charge in [-0.2, -0.15) is 0 Å². The fourth-order valence-electron chi connectivity index (χ4n) is 2.67. The Morgan fingerprint density at radius 3 is 2.41 bits per heavy atom. The highest BCUT2D eigenvalue weighted by Crippen LogP contribution is 2.34. The van der Waals surface area contributed by atoms with Gasteiger partial charge in [0, 0.05) is 31.6 Å². The molecule has 0 aromatic heterocycles. The fourth-order valence-corrected chi connectivity index (χ4v) is 3.17. The number of amides is 2. The van der Waals surface area contributed by atoms with E-state index in [1.807, 2.05) is 13.8 Å². The van der Waals surface area contributed by atoms with Crippen LogP contribution in [0.2, 0.25) is 10.0 Å². The summed E-state index contributed by atoms with van der Waals surface area (Å²) in [6.07, 6.45) is 0. The molecule has 0 saturated carbocycles. The molecule has 1 aliphatic heterocycles. The molecule has 7 heteroatoms. The summed E-state index contributed by atoms with van der Waals surface area (Å²) >= 11 is 11.8. The average molecular weight is 345 g/mol. The Kier molecular flexibility index (Phi) is 4.59. The number of rotatable bonds is 1. The quantitative estimate of drug-likeness (QED) is 0.851. The van der Waals surface area contributed by atoms with E-state index in [1.165, 1.54) is 19.1 Å². The molecule has 1 fully saturated rings. The van der Waals surface area contributed by atoms with E-state index in [2.05, 4.69) is 0 Å². The molecule has 0 bridgehead atoms. The highest BCUT2D eigenvalue weighted by molar-refractivity contribution is 6.36. The summed E-state index contributed by atoms with van der Waals surface area (Å²) in [6, 6.07) is 2.78. The smallest absolute Gasteiger partial charge is 0.258 e. The molecule has 1 aromatic rings. The monoisotopic (exact) mass is 344 g/mol. The normalized spacial score (nSPS) is 17.5. The lowest BCUT2D eigenvalue weighted by Gasteiger charge is -2.47. The van der Waals surface area contributed by atoms with Crippen LogP contribution in [0.25, 0.3) is 0 Å². The van der Waals surface area contributed by atoms with E-state index < -0.39 is 5.54 Å². The standard InChI is InChI=1S/C15H18Cl2N2O3/c1-9(20)18-4-5-19(15(2,3)8-18)14(22)11-6-10(16)7-12(17)13(11)21/h6-7,21H,4-5,8H2,1-3H3. The number of phenolic OH excluding ortho intramolecular Hbond substituents is 1. The van der Waals surface area contributed by atoms with Gasteiger partial charge < -0.3 is 14.9 Å². The number of hydrogen-bond donors (Lipinski definition) is 1. The van der Waals surface area contributed by atoms with Gasteiger partial charge in [0.15, 0.2) is 0 Å². The molecule has 0 spiro atoms. The highest BCUT2D eigenvalue weighted by atomic mass is 35.5. The number of hydrogen-bond acceptors (Lipinski definition) is 3. The van der Waals surface area contributed by atoms with Crippen LogP contribution in [-0.2, 0) is 4.79 Å². The van der Waals surface area contributed by atoms with E-state index >= 15 is 0 Å². The number of aromatic hydroxyl groups is 1. The summed E-state index contributed by atoms with van der Waals surface area (Å²) in [5.74, 6) is -0.648. The Balaban J connectivity index is 2.32. The minimum atomic E-state index is -0.553. The number of nitrogens with zero attached hydrogens (tertiary/aromatic N) is 2. The van der Waals surface area contributed by atoms with Crippen molar-refractivity contribution >= 4 is 35.0 Å². The van der Waals surface area contributed by atoms with Gasteiger partial charge in [-0.3, -0.25) is 9.59 Å². The van der Waals surface area contributed by atoms with Gasteiger partial charge in [-0.25, -0.2) is 0 Å². The van der Waals surface area contributed by atoms with Crippen molar-refractivity contribution < 1.29 is 14.7 Å². The van der Waals surface area contributed by atoms with E-state index in [-0.39, 0.29) is 33.2 Å². The molecule has 1 N–H and O–H groups in total. The van der Waals surface area contributed by atoms with Crippen molar-refractivity contribution in [3.63, 3.8) is 0 Å². The van der Waals surface area contributed by atoms with Crippen LogP contribution in [0, 0.1) is 0 Å². The van der Waals surface area contributed by atoms with Crippen molar-refractivity contribution in [1.82, 2.24) is 9.80 Å². The third-order valence-electron chi connectivity index (χ3n) is 3.85. The van der Waals surface area contributed by atoms with Crippen molar-refractivity contribution in [2.24, 2.45) is 0 Å². The molecule has 1 aromatic carbocycles. The van der Waals surface area contributed by atoms with Crippen LogP contribution in [0.3, 0.4) is 0 Å². The molecule has 2 rings (SSSR count). The summed E-state index contributed by atoms with van der Waals surface area (Å²) < 4.78 is 0. The zero-order valence-electron chi connectivity index (χ0n) is 12.7. The molecular weight excluding hydrogens is 327 g/mol. The van der Waals surface area contributed by atoms with Crippen LogP contribution < -0.4 is 0 Å². The minimum absolute atomic E-state index is 0.0196. The van der Waals surface area contributed by atoms with E-state index in [0.717, 1.165) is 0 Å². The van der Waals surface area contributed by atoms with Crippen molar-refractivity contribution in [2.75, 3.05) is 19.6 Å². The second kappa shape index (κ2) is 5.97. The van der Waals surface area contributed by atoms with E-state index in [1.54, 1.807) is 9.80 Å². The lowest BCUT2D eigenvalue weighted by molar-refractivity contribution is -0.133. The van der Waals surface area contributed by atoms with Gasteiger partial charge in [0.25, 0.3) is 5.91 Å². The first-order chi connectivity index (χ1) is 10.1. The molecule has 22 heavy (non-hydrogen) atoms. The van der Waals surface area contributed by atoms with Gasteiger partial charge in [0.05, 0.1) is 16.1 Å². The lowest BCUT2D eigenvalue weighted by Crippen LogP contribution is -2.61. The lowest BCUT2D eigenvalue weighted by atomic mass is 9.97. The van der Waals surface area contributed by atoms with E-state index in [0.29, 0.717) is 19.6 Å². The number of carbonyl (C=O) groups excluding carboxylic acids is 2. The maximum Gasteiger partial charge on any atom is 0.258 e. The predicted octanol–water partition coefficient (Wildman–Crippen LogP) is 2.78. The highest BCUT2D eigenvalue weighted by Gasteiger charge is 2.38. The SMILES string of the molecule is CC(=O)N1CCN(C(=O)c2cc(Cl)cc(Cl)c2O)C(C)(C)C1. The molecule has 5 nitrogen and oxygen atoms in total. The molecule has 1 heterocycles. The first kappa shape index (κ1) is 16.9. The van der Waals surface area contributed by atoms with Gasteiger partial charge in [0.1, 0.15) is 5.75 Å². The van der Waals surface area contributed by atoms with Crippen LogP contribution in [-0.4, -0.2) is 51.9 Å².